The molecule has 0 radical (unpaired) electrons. The van der Waals surface area contributed by atoms with E-state index in [-0.39, 0.29) is 0 Å². The van der Waals surface area contributed by atoms with Gasteiger partial charge in [-0.3, -0.25) is 0 Å². The first-order valence-corrected chi connectivity index (χ1v) is 7.22. The molecule has 16 heavy (non-hydrogen) atoms. The van der Waals surface area contributed by atoms with E-state index in [1.54, 1.807) is 0 Å². The normalized spacial score (nSPS) is 18.0. The fourth-order valence-corrected chi connectivity index (χ4v) is 2.35. The lowest BCUT2D eigenvalue weighted by molar-refractivity contribution is 0.254. The van der Waals surface area contributed by atoms with Crippen LogP contribution < -0.4 is 5.32 Å². The van der Waals surface area contributed by atoms with Gasteiger partial charge in [0.2, 0.25) is 0 Å². The van der Waals surface area contributed by atoms with Crippen molar-refractivity contribution in [2.24, 2.45) is 5.92 Å². The van der Waals surface area contributed by atoms with Gasteiger partial charge in [-0.2, -0.15) is 0 Å². The molecule has 1 fully saturated rings. The molecule has 96 valence electrons. The molecular formula is C14H30N2. The maximum atomic E-state index is 3.49. The number of hydrogen-bond acceptors (Lipinski definition) is 2. The summed E-state index contributed by atoms with van der Waals surface area (Å²) in [5.41, 5.74) is 0. The Balaban J connectivity index is 2.05. The van der Waals surface area contributed by atoms with Gasteiger partial charge >= 0.3 is 0 Å². The molecule has 0 heterocycles. The molecule has 0 bridgehead atoms. The van der Waals surface area contributed by atoms with Crippen LogP contribution in [0.2, 0.25) is 0 Å². The monoisotopic (exact) mass is 226 g/mol. The van der Waals surface area contributed by atoms with Crippen LogP contribution in [-0.4, -0.2) is 37.1 Å². The first-order chi connectivity index (χ1) is 7.76. The van der Waals surface area contributed by atoms with E-state index in [1.165, 1.54) is 51.7 Å². The van der Waals surface area contributed by atoms with Gasteiger partial charge in [-0.1, -0.05) is 13.8 Å². The van der Waals surface area contributed by atoms with Crippen molar-refractivity contribution in [2.45, 2.75) is 58.9 Å². The summed E-state index contributed by atoms with van der Waals surface area (Å²) in [6, 6.07) is 0.689. The highest BCUT2D eigenvalue weighted by atomic mass is 15.1. The topological polar surface area (TPSA) is 15.3 Å². The third kappa shape index (κ3) is 6.49. The molecule has 1 N–H and O–H groups in total. The average molecular weight is 226 g/mol. The van der Waals surface area contributed by atoms with Crippen molar-refractivity contribution >= 4 is 0 Å². The van der Waals surface area contributed by atoms with Gasteiger partial charge in [-0.15, -0.1) is 0 Å². The number of hydrogen-bond donors (Lipinski definition) is 1. The summed E-state index contributed by atoms with van der Waals surface area (Å²) in [4.78, 5) is 2.68. The van der Waals surface area contributed by atoms with Gasteiger partial charge in [-0.05, 0) is 64.6 Å². The van der Waals surface area contributed by atoms with Crippen LogP contribution in [0, 0.1) is 5.92 Å². The third-order valence-electron chi connectivity index (χ3n) is 3.42. The highest BCUT2D eigenvalue weighted by molar-refractivity contribution is 4.77. The molecule has 1 saturated carbocycles. The lowest BCUT2D eigenvalue weighted by Gasteiger charge is -2.22. The Morgan fingerprint density at radius 3 is 2.56 bits per heavy atom. The fourth-order valence-electron chi connectivity index (χ4n) is 2.35. The second-order valence-corrected chi connectivity index (χ2v) is 5.34. The van der Waals surface area contributed by atoms with Crippen LogP contribution in [0.15, 0.2) is 0 Å². The van der Waals surface area contributed by atoms with Crippen molar-refractivity contribution in [1.82, 2.24) is 10.2 Å². The van der Waals surface area contributed by atoms with E-state index in [1.807, 2.05) is 0 Å². The molecule has 2 heteroatoms. The largest absolute Gasteiger partial charge is 0.315 e. The maximum Gasteiger partial charge on any atom is 0.00390 e. The van der Waals surface area contributed by atoms with Crippen molar-refractivity contribution in [2.75, 3.05) is 26.2 Å². The molecule has 0 aromatic carbocycles. The number of nitrogens with one attached hydrogen (secondary N) is 1. The minimum Gasteiger partial charge on any atom is -0.315 e. The van der Waals surface area contributed by atoms with E-state index in [0.717, 1.165) is 12.5 Å². The molecule has 0 spiro atoms. The maximum absolute atomic E-state index is 3.49. The average Bonchev–Trinajstić information content (AvgIpc) is 3.02. The van der Waals surface area contributed by atoms with Gasteiger partial charge in [-0.25, -0.2) is 0 Å². The van der Waals surface area contributed by atoms with Crippen molar-refractivity contribution in [1.29, 1.82) is 0 Å². The van der Waals surface area contributed by atoms with Crippen molar-refractivity contribution < 1.29 is 0 Å². The summed E-state index contributed by atoms with van der Waals surface area (Å²) >= 11 is 0. The van der Waals surface area contributed by atoms with Crippen LogP contribution in [0.4, 0.5) is 0 Å². The molecule has 1 unspecified atom stereocenters. The SMILES string of the molecule is CCCN(CCCC(C)NCC)CC1CC1. The molecule has 0 aromatic rings. The zero-order chi connectivity index (χ0) is 11.8. The predicted molar refractivity (Wildman–Crippen MR) is 71.8 cm³/mol. The van der Waals surface area contributed by atoms with E-state index in [9.17, 15) is 0 Å². The summed E-state index contributed by atoms with van der Waals surface area (Å²) in [5, 5.41) is 3.49. The Hall–Kier alpha value is -0.0800. The minimum atomic E-state index is 0.689. The van der Waals surface area contributed by atoms with E-state index >= 15 is 0 Å². The summed E-state index contributed by atoms with van der Waals surface area (Å²) in [5.74, 6) is 1.04. The molecule has 0 aliphatic heterocycles. The molecule has 0 aromatic heterocycles. The summed E-state index contributed by atoms with van der Waals surface area (Å²) < 4.78 is 0. The summed E-state index contributed by atoms with van der Waals surface area (Å²) in [6.45, 7) is 11.8. The van der Waals surface area contributed by atoms with E-state index in [4.69, 9.17) is 0 Å². The predicted octanol–water partition coefficient (Wildman–Crippen LogP) is 2.89. The van der Waals surface area contributed by atoms with Gasteiger partial charge in [0.1, 0.15) is 0 Å². The second kappa shape index (κ2) is 8.08. The quantitative estimate of drug-likeness (QED) is 0.616. The van der Waals surface area contributed by atoms with Crippen LogP contribution >= 0.6 is 0 Å². The van der Waals surface area contributed by atoms with Gasteiger partial charge in [0, 0.05) is 12.6 Å². The van der Waals surface area contributed by atoms with Crippen LogP contribution in [0.3, 0.4) is 0 Å². The second-order valence-electron chi connectivity index (χ2n) is 5.34. The smallest absolute Gasteiger partial charge is 0.00390 e. The van der Waals surface area contributed by atoms with E-state index in [0.29, 0.717) is 6.04 Å². The molecule has 1 rings (SSSR count). The van der Waals surface area contributed by atoms with Crippen LogP contribution in [0.1, 0.15) is 52.9 Å². The molecule has 1 aliphatic rings. The summed E-state index contributed by atoms with van der Waals surface area (Å²) in [7, 11) is 0. The number of rotatable bonds is 10. The van der Waals surface area contributed by atoms with E-state index in [2.05, 4.69) is 31.0 Å². The van der Waals surface area contributed by atoms with Crippen LogP contribution in [-0.2, 0) is 0 Å². The number of nitrogens with zero attached hydrogens (tertiary/aromatic N) is 1. The third-order valence-corrected chi connectivity index (χ3v) is 3.42. The highest BCUT2D eigenvalue weighted by Gasteiger charge is 2.23. The van der Waals surface area contributed by atoms with Crippen molar-refractivity contribution in [3.63, 3.8) is 0 Å². The highest BCUT2D eigenvalue weighted by Crippen LogP contribution is 2.29. The lowest BCUT2D eigenvalue weighted by atomic mass is 10.1. The van der Waals surface area contributed by atoms with Gasteiger partial charge in [0.05, 0.1) is 0 Å². The first-order valence-electron chi connectivity index (χ1n) is 7.22. The van der Waals surface area contributed by atoms with Gasteiger partial charge < -0.3 is 10.2 Å². The van der Waals surface area contributed by atoms with Gasteiger partial charge in [0.15, 0.2) is 0 Å². The Kier molecular flexibility index (Phi) is 7.06. The van der Waals surface area contributed by atoms with E-state index < -0.39 is 0 Å². The Labute approximate surface area is 102 Å². The Bertz CT molecular complexity index is 166. The van der Waals surface area contributed by atoms with Crippen LogP contribution in [0.25, 0.3) is 0 Å². The molecular weight excluding hydrogens is 196 g/mol. The molecule has 0 amide bonds. The van der Waals surface area contributed by atoms with Crippen molar-refractivity contribution in [3.05, 3.63) is 0 Å². The zero-order valence-corrected chi connectivity index (χ0v) is 11.5. The lowest BCUT2D eigenvalue weighted by Crippen LogP contribution is -2.30. The summed E-state index contributed by atoms with van der Waals surface area (Å²) in [6.07, 6.45) is 6.93. The van der Waals surface area contributed by atoms with Crippen LogP contribution in [0.5, 0.6) is 0 Å². The first kappa shape index (κ1) is 14.0. The zero-order valence-electron chi connectivity index (χ0n) is 11.5. The molecule has 1 aliphatic carbocycles. The standard InChI is InChI=1S/C14H30N2/c1-4-10-16(12-14-8-9-14)11-6-7-13(3)15-5-2/h13-15H,4-12H2,1-3H3. The Morgan fingerprint density at radius 2 is 2.00 bits per heavy atom. The molecule has 0 saturated heterocycles. The fraction of sp³-hybridized carbons (Fsp3) is 1.00. The minimum absolute atomic E-state index is 0.689. The van der Waals surface area contributed by atoms with Gasteiger partial charge in [0.25, 0.3) is 0 Å². The molecule has 2 nitrogen and oxygen atoms in total. The van der Waals surface area contributed by atoms with Crippen molar-refractivity contribution in [3.8, 4) is 0 Å². The molecule has 1 atom stereocenters. The Morgan fingerprint density at radius 1 is 1.25 bits per heavy atom.